The summed E-state index contributed by atoms with van der Waals surface area (Å²) in [6, 6.07) is 10.4. The van der Waals surface area contributed by atoms with Gasteiger partial charge in [-0.3, -0.25) is 0 Å². The zero-order chi connectivity index (χ0) is 16.5. The van der Waals surface area contributed by atoms with Crippen molar-refractivity contribution < 1.29 is 9.13 Å². The Morgan fingerprint density at radius 1 is 1.22 bits per heavy atom. The van der Waals surface area contributed by atoms with Gasteiger partial charge in [-0.1, -0.05) is 24.3 Å². The van der Waals surface area contributed by atoms with Crippen molar-refractivity contribution in [2.75, 3.05) is 13.7 Å². The van der Waals surface area contributed by atoms with Crippen LogP contribution in [0.15, 0.2) is 47.6 Å². The lowest BCUT2D eigenvalue weighted by Crippen LogP contribution is -2.37. The topological polar surface area (TPSA) is 58.5 Å². The molecular formula is C17H21FN4O. The van der Waals surface area contributed by atoms with Crippen LogP contribution in [0.4, 0.5) is 4.39 Å². The van der Waals surface area contributed by atoms with Crippen molar-refractivity contribution in [1.29, 1.82) is 0 Å². The van der Waals surface area contributed by atoms with Gasteiger partial charge in [-0.05, 0) is 18.6 Å². The van der Waals surface area contributed by atoms with Crippen molar-refractivity contribution in [3.8, 4) is 5.88 Å². The van der Waals surface area contributed by atoms with E-state index in [0.717, 1.165) is 12.1 Å². The molecule has 0 amide bonds. The van der Waals surface area contributed by atoms with E-state index >= 15 is 0 Å². The minimum Gasteiger partial charge on any atom is -0.481 e. The Balaban J connectivity index is 1.97. The number of nitrogens with one attached hydrogen (secondary N) is 2. The summed E-state index contributed by atoms with van der Waals surface area (Å²) >= 11 is 0. The van der Waals surface area contributed by atoms with E-state index in [1.54, 1.807) is 31.5 Å². The maximum absolute atomic E-state index is 13.6. The van der Waals surface area contributed by atoms with Crippen LogP contribution < -0.4 is 15.4 Å². The van der Waals surface area contributed by atoms with Gasteiger partial charge in [0.15, 0.2) is 5.96 Å². The molecule has 0 saturated heterocycles. The highest BCUT2D eigenvalue weighted by Gasteiger charge is 2.03. The molecule has 2 aromatic rings. The van der Waals surface area contributed by atoms with Crippen LogP contribution in [-0.4, -0.2) is 24.6 Å². The van der Waals surface area contributed by atoms with E-state index in [-0.39, 0.29) is 5.82 Å². The molecule has 2 rings (SSSR count). The molecule has 0 bridgehead atoms. The molecule has 0 spiro atoms. The highest BCUT2D eigenvalue weighted by atomic mass is 19.1. The third-order valence-corrected chi connectivity index (χ3v) is 3.17. The second-order valence-corrected chi connectivity index (χ2v) is 4.85. The number of guanidine groups is 1. The van der Waals surface area contributed by atoms with Crippen LogP contribution in [0.25, 0.3) is 0 Å². The fourth-order valence-corrected chi connectivity index (χ4v) is 1.96. The standard InChI is InChI=1S/C17H21FN4O/c1-3-19-17(22-12-14-6-4-5-7-15(14)18)21-11-13-8-9-16(23-2)20-10-13/h4-10H,3,11-12H2,1-2H3,(H2,19,21,22). The summed E-state index contributed by atoms with van der Waals surface area (Å²) in [5.41, 5.74) is 1.57. The molecule has 0 saturated carbocycles. The maximum Gasteiger partial charge on any atom is 0.212 e. The number of methoxy groups -OCH3 is 1. The molecule has 0 aliphatic carbocycles. The van der Waals surface area contributed by atoms with Gasteiger partial charge in [0, 0.05) is 30.9 Å². The van der Waals surface area contributed by atoms with Crippen LogP contribution >= 0.6 is 0 Å². The van der Waals surface area contributed by atoms with Crippen LogP contribution in [0, 0.1) is 5.82 Å². The van der Waals surface area contributed by atoms with Gasteiger partial charge < -0.3 is 15.4 Å². The summed E-state index contributed by atoms with van der Waals surface area (Å²) in [7, 11) is 1.58. The maximum atomic E-state index is 13.6. The number of aromatic nitrogens is 1. The molecule has 0 aliphatic heterocycles. The average molecular weight is 316 g/mol. The second kappa shape index (κ2) is 8.73. The number of ether oxygens (including phenoxy) is 1. The van der Waals surface area contributed by atoms with E-state index < -0.39 is 0 Å². The van der Waals surface area contributed by atoms with Crippen LogP contribution in [0.1, 0.15) is 18.1 Å². The zero-order valence-corrected chi connectivity index (χ0v) is 13.3. The van der Waals surface area contributed by atoms with Crippen molar-refractivity contribution in [3.05, 3.63) is 59.5 Å². The fraction of sp³-hybridized carbons (Fsp3) is 0.294. The second-order valence-electron chi connectivity index (χ2n) is 4.85. The van der Waals surface area contributed by atoms with Crippen molar-refractivity contribution in [2.45, 2.75) is 20.0 Å². The molecule has 2 N–H and O–H groups in total. The van der Waals surface area contributed by atoms with Crippen molar-refractivity contribution in [1.82, 2.24) is 15.6 Å². The SMILES string of the molecule is CCNC(=NCc1ccc(OC)nc1)NCc1ccccc1F. The summed E-state index contributed by atoms with van der Waals surface area (Å²) in [5, 5.41) is 6.26. The van der Waals surface area contributed by atoms with Crippen LogP contribution in [0.3, 0.4) is 0 Å². The van der Waals surface area contributed by atoms with Gasteiger partial charge in [-0.2, -0.15) is 0 Å². The van der Waals surface area contributed by atoms with Gasteiger partial charge in [0.1, 0.15) is 5.82 Å². The lowest BCUT2D eigenvalue weighted by molar-refractivity contribution is 0.397. The number of benzene rings is 1. The van der Waals surface area contributed by atoms with E-state index in [4.69, 9.17) is 4.74 Å². The number of hydrogen-bond acceptors (Lipinski definition) is 3. The molecule has 1 heterocycles. The molecule has 122 valence electrons. The Kier molecular flexibility index (Phi) is 6.35. The fourth-order valence-electron chi connectivity index (χ4n) is 1.96. The molecule has 0 aliphatic rings. The third-order valence-electron chi connectivity index (χ3n) is 3.17. The lowest BCUT2D eigenvalue weighted by Gasteiger charge is -2.11. The predicted octanol–water partition coefficient (Wildman–Crippen LogP) is 2.48. The third kappa shape index (κ3) is 5.25. The number of pyridine rings is 1. The lowest BCUT2D eigenvalue weighted by atomic mass is 10.2. The molecular weight excluding hydrogens is 295 g/mol. The smallest absolute Gasteiger partial charge is 0.212 e. The van der Waals surface area contributed by atoms with Crippen LogP contribution in [0.5, 0.6) is 5.88 Å². The Morgan fingerprint density at radius 2 is 2.04 bits per heavy atom. The van der Waals surface area contributed by atoms with Gasteiger partial charge in [0.25, 0.3) is 0 Å². The first-order chi connectivity index (χ1) is 11.2. The van der Waals surface area contributed by atoms with E-state index in [1.807, 2.05) is 19.1 Å². The first-order valence-corrected chi connectivity index (χ1v) is 7.47. The molecule has 5 nitrogen and oxygen atoms in total. The highest BCUT2D eigenvalue weighted by molar-refractivity contribution is 5.79. The van der Waals surface area contributed by atoms with E-state index in [0.29, 0.717) is 30.5 Å². The largest absolute Gasteiger partial charge is 0.481 e. The summed E-state index contributed by atoms with van der Waals surface area (Å²) in [5.74, 6) is 0.976. The molecule has 0 atom stereocenters. The predicted molar refractivity (Wildman–Crippen MR) is 88.8 cm³/mol. The van der Waals surface area contributed by atoms with Crippen molar-refractivity contribution >= 4 is 5.96 Å². The van der Waals surface area contributed by atoms with Gasteiger partial charge in [-0.15, -0.1) is 0 Å². The Morgan fingerprint density at radius 3 is 2.70 bits per heavy atom. The molecule has 0 fully saturated rings. The molecule has 1 aromatic carbocycles. The van der Waals surface area contributed by atoms with Crippen LogP contribution in [0.2, 0.25) is 0 Å². The molecule has 1 aromatic heterocycles. The summed E-state index contributed by atoms with van der Waals surface area (Å²) < 4.78 is 18.7. The summed E-state index contributed by atoms with van der Waals surface area (Å²) in [6.07, 6.45) is 1.72. The Bertz CT molecular complexity index is 643. The molecule has 0 unspecified atom stereocenters. The first kappa shape index (κ1) is 16.7. The van der Waals surface area contributed by atoms with Gasteiger partial charge in [-0.25, -0.2) is 14.4 Å². The van der Waals surface area contributed by atoms with Crippen LogP contribution in [-0.2, 0) is 13.1 Å². The average Bonchev–Trinajstić information content (AvgIpc) is 2.59. The summed E-state index contributed by atoms with van der Waals surface area (Å²) in [4.78, 5) is 8.62. The van der Waals surface area contributed by atoms with E-state index in [2.05, 4.69) is 20.6 Å². The minimum absolute atomic E-state index is 0.227. The number of nitrogens with zero attached hydrogens (tertiary/aromatic N) is 2. The highest BCUT2D eigenvalue weighted by Crippen LogP contribution is 2.08. The van der Waals surface area contributed by atoms with Crippen molar-refractivity contribution in [3.63, 3.8) is 0 Å². The number of halogens is 1. The minimum atomic E-state index is -0.227. The quantitative estimate of drug-likeness (QED) is 0.635. The van der Waals surface area contributed by atoms with Gasteiger partial charge >= 0.3 is 0 Å². The molecule has 23 heavy (non-hydrogen) atoms. The van der Waals surface area contributed by atoms with Gasteiger partial charge in [0.05, 0.1) is 13.7 Å². The van der Waals surface area contributed by atoms with Gasteiger partial charge in [0.2, 0.25) is 5.88 Å². The Hall–Kier alpha value is -2.63. The first-order valence-electron chi connectivity index (χ1n) is 7.47. The zero-order valence-electron chi connectivity index (χ0n) is 13.3. The molecule has 0 radical (unpaired) electrons. The Labute approximate surface area is 135 Å². The summed E-state index contributed by atoms with van der Waals surface area (Å²) in [6.45, 7) is 3.56. The van der Waals surface area contributed by atoms with E-state index in [1.165, 1.54) is 6.07 Å². The number of aliphatic imine (C=N–C) groups is 1. The van der Waals surface area contributed by atoms with E-state index in [9.17, 15) is 4.39 Å². The number of rotatable bonds is 6. The monoisotopic (exact) mass is 316 g/mol. The molecule has 6 heteroatoms. The van der Waals surface area contributed by atoms with Crippen molar-refractivity contribution in [2.24, 2.45) is 4.99 Å². The normalized spacial score (nSPS) is 11.2. The number of hydrogen-bond donors (Lipinski definition) is 2.